The Labute approximate surface area is 87.4 Å². The van der Waals surface area contributed by atoms with Crippen molar-refractivity contribution < 1.29 is 13.6 Å². The van der Waals surface area contributed by atoms with Crippen molar-refractivity contribution in [1.29, 1.82) is 0 Å². The zero-order valence-corrected chi connectivity index (χ0v) is 8.59. The quantitative estimate of drug-likeness (QED) is 0.851. The highest BCUT2D eigenvalue weighted by molar-refractivity contribution is 9.10. The van der Waals surface area contributed by atoms with Gasteiger partial charge in [-0.05, 0) is 15.9 Å². The van der Waals surface area contributed by atoms with Crippen molar-refractivity contribution >= 4 is 22.2 Å². The van der Waals surface area contributed by atoms with E-state index >= 15 is 0 Å². The minimum absolute atomic E-state index is 0.0361. The number of carbonyl (C=O) groups is 1. The zero-order chi connectivity index (χ0) is 10.7. The summed E-state index contributed by atoms with van der Waals surface area (Å²) in [6, 6.07) is 0. The molecule has 0 bridgehead atoms. The second-order valence-corrected chi connectivity index (χ2v) is 3.36. The first-order valence-corrected chi connectivity index (χ1v) is 4.51. The zero-order valence-electron chi connectivity index (χ0n) is 7.01. The van der Waals surface area contributed by atoms with Gasteiger partial charge < -0.3 is 5.73 Å². The lowest BCUT2D eigenvalue weighted by molar-refractivity contribution is 0.111. The van der Waals surface area contributed by atoms with Gasteiger partial charge in [-0.3, -0.25) is 9.78 Å². The van der Waals surface area contributed by atoms with Gasteiger partial charge in [-0.15, -0.1) is 0 Å². The van der Waals surface area contributed by atoms with E-state index in [1.807, 2.05) is 0 Å². The molecule has 0 aliphatic rings. The number of carbonyl (C=O) groups excluding carboxylic acids is 1. The van der Waals surface area contributed by atoms with Crippen LogP contribution in [-0.4, -0.2) is 11.3 Å². The van der Waals surface area contributed by atoms with E-state index < -0.39 is 6.43 Å². The van der Waals surface area contributed by atoms with E-state index in [2.05, 4.69) is 20.9 Å². The third-order valence-corrected chi connectivity index (χ3v) is 2.37. The average molecular weight is 265 g/mol. The lowest BCUT2D eigenvalue weighted by Crippen LogP contribution is -2.08. The molecule has 0 saturated carbocycles. The SMILES string of the molecule is NCc1c(C=O)ncc(Br)c1C(F)F. The maximum atomic E-state index is 12.6. The lowest BCUT2D eigenvalue weighted by Gasteiger charge is -2.10. The molecule has 0 atom stereocenters. The highest BCUT2D eigenvalue weighted by Crippen LogP contribution is 2.30. The second kappa shape index (κ2) is 4.56. The molecule has 0 aromatic carbocycles. The Morgan fingerprint density at radius 2 is 2.29 bits per heavy atom. The van der Waals surface area contributed by atoms with Crippen LogP contribution in [0, 0.1) is 0 Å². The molecule has 1 aromatic heterocycles. The van der Waals surface area contributed by atoms with Gasteiger partial charge in [0, 0.05) is 28.3 Å². The minimum atomic E-state index is -2.68. The summed E-state index contributed by atoms with van der Waals surface area (Å²) in [6.45, 7) is -0.139. The number of hydrogen-bond acceptors (Lipinski definition) is 3. The molecule has 0 aliphatic heterocycles. The fourth-order valence-electron chi connectivity index (χ4n) is 1.11. The molecule has 0 aliphatic carbocycles. The van der Waals surface area contributed by atoms with Crippen LogP contribution < -0.4 is 5.73 Å². The molecule has 0 saturated heterocycles. The van der Waals surface area contributed by atoms with Gasteiger partial charge in [0.05, 0.1) is 0 Å². The van der Waals surface area contributed by atoms with Crippen LogP contribution in [0.15, 0.2) is 10.7 Å². The molecular formula is C8H7BrF2N2O. The molecule has 6 heteroatoms. The van der Waals surface area contributed by atoms with Crippen molar-refractivity contribution in [3.05, 3.63) is 27.5 Å². The van der Waals surface area contributed by atoms with Crippen molar-refractivity contribution in [1.82, 2.24) is 4.98 Å². The van der Waals surface area contributed by atoms with Crippen LogP contribution >= 0.6 is 15.9 Å². The van der Waals surface area contributed by atoms with E-state index in [1.54, 1.807) is 0 Å². The van der Waals surface area contributed by atoms with Gasteiger partial charge in [-0.25, -0.2) is 8.78 Å². The fraction of sp³-hybridized carbons (Fsp3) is 0.250. The van der Waals surface area contributed by atoms with E-state index in [4.69, 9.17) is 5.73 Å². The van der Waals surface area contributed by atoms with Crippen LogP contribution in [-0.2, 0) is 6.54 Å². The van der Waals surface area contributed by atoms with Crippen LogP contribution in [0.4, 0.5) is 8.78 Å². The highest BCUT2D eigenvalue weighted by atomic mass is 79.9. The monoisotopic (exact) mass is 264 g/mol. The molecule has 14 heavy (non-hydrogen) atoms. The maximum Gasteiger partial charge on any atom is 0.265 e. The number of nitrogens with zero attached hydrogens (tertiary/aromatic N) is 1. The molecule has 3 nitrogen and oxygen atoms in total. The molecule has 0 radical (unpaired) electrons. The third kappa shape index (κ3) is 1.96. The molecule has 76 valence electrons. The number of aldehydes is 1. The van der Waals surface area contributed by atoms with Crippen molar-refractivity contribution in [3.63, 3.8) is 0 Å². The minimum Gasteiger partial charge on any atom is -0.326 e. The topological polar surface area (TPSA) is 56.0 Å². The second-order valence-electron chi connectivity index (χ2n) is 2.51. The normalized spacial score (nSPS) is 10.6. The number of halogens is 3. The Morgan fingerprint density at radius 1 is 1.64 bits per heavy atom. The number of aromatic nitrogens is 1. The summed E-state index contributed by atoms with van der Waals surface area (Å²) in [5.74, 6) is 0. The van der Waals surface area contributed by atoms with Gasteiger partial charge in [0.25, 0.3) is 6.43 Å². The Hall–Kier alpha value is -0.880. The van der Waals surface area contributed by atoms with E-state index in [1.165, 1.54) is 6.20 Å². The van der Waals surface area contributed by atoms with Gasteiger partial charge in [-0.2, -0.15) is 0 Å². The Bertz CT molecular complexity index is 357. The molecule has 0 spiro atoms. The maximum absolute atomic E-state index is 12.6. The summed E-state index contributed by atoms with van der Waals surface area (Å²) in [4.78, 5) is 14.2. The first kappa shape index (κ1) is 11.2. The van der Waals surface area contributed by atoms with E-state index in [9.17, 15) is 13.6 Å². The number of rotatable bonds is 3. The van der Waals surface area contributed by atoms with Gasteiger partial charge in [-0.1, -0.05) is 0 Å². The fourth-order valence-corrected chi connectivity index (χ4v) is 1.62. The highest BCUT2D eigenvalue weighted by Gasteiger charge is 2.19. The van der Waals surface area contributed by atoms with Gasteiger partial charge in [0.2, 0.25) is 0 Å². The molecule has 1 aromatic rings. The van der Waals surface area contributed by atoms with Gasteiger partial charge >= 0.3 is 0 Å². The summed E-state index contributed by atoms with van der Waals surface area (Å²) in [6.07, 6.45) is -1.09. The Morgan fingerprint density at radius 3 is 2.71 bits per heavy atom. The molecular weight excluding hydrogens is 258 g/mol. The van der Waals surface area contributed by atoms with Crippen molar-refractivity contribution in [2.75, 3.05) is 0 Å². The molecule has 2 N–H and O–H groups in total. The summed E-state index contributed by atoms with van der Waals surface area (Å²) < 4.78 is 25.3. The van der Waals surface area contributed by atoms with Crippen molar-refractivity contribution in [3.8, 4) is 0 Å². The smallest absolute Gasteiger partial charge is 0.265 e. The van der Waals surface area contributed by atoms with E-state index in [-0.39, 0.29) is 27.8 Å². The molecule has 1 rings (SSSR count). The lowest BCUT2D eigenvalue weighted by atomic mass is 10.1. The van der Waals surface area contributed by atoms with E-state index in [0.717, 1.165) is 0 Å². The number of alkyl halides is 2. The summed E-state index contributed by atoms with van der Waals surface area (Å²) in [5, 5.41) is 0. The van der Waals surface area contributed by atoms with Crippen molar-refractivity contribution in [2.24, 2.45) is 5.73 Å². The summed E-state index contributed by atoms with van der Waals surface area (Å²) in [7, 11) is 0. The number of nitrogens with two attached hydrogens (primary N) is 1. The predicted molar refractivity (Wildman–Crippen MR) is 50.2 cm³/mol. The van der Waals surface area contributed by atoms with Crippen molar-refractivity contribution in [2.45, 2.75) is 13.0 Å². The Kier molecular flexibility index (Phi) is 3.65. The summed E-state index contributed by atoms with van der Waals surface area (Å²) in [5.41, 5.74) is 5.07. The molecule has 0 amide bonds. The predicted octanol–water partition coefficient (Wildman–Crippen LogP) is 2.05. The Balaban J connectivity index is 3.42. The van der Waals surface area contributed by atoms with Gasteiger partial charge in [0.15, 0.2) is 6.29 Å². The number of hydrogen-bond donors (Lipinski definition) is 1. The largest absolute Gasteiger partial charge is 0.326 e. The van der Waals surface area contributed by atoms with E-state index in [0.29, 0.717) is 6.29 Å². The van der Waals surface area contributed by atoms with Crippen LogP contribution in [0.1, 0.15) is 28.0 Å². The third-order valence-electron chi connectivity index (χ3n) is 1.74. The molecule has 1 heterocycles. The standard InChI is InChI=1S/C8H7BrF2N2O/c9-5-2-13-6(3-14)4(1-12)7(5)8(10)11/h2-3,8H,1,12H2. The number of pyridine rings is 1. The van der Waals surface area contributed by atoms with Crippen LogP contribution in [0.3, 0.4) is 0 Å². The summed E-state index contributed by atoms with van der Waals surface area (Å²) >= 11 is 2.94. The molecule has 0 unspecified atom stereocenters. The van der Waals surface area contributed by atoms with Crippen LogP contribution in [0.5, 0.6) is 0 Å². The van der Waals surface area contributed by atoms with Crippen LogP contribution in [0.2, 0.25) is 0 Å². The first-order chi connectivity index (χ1) is 6.61. The average Bonchev–Trinajstić information content (AvgIpc) is 2.16. The van der Waals surface area contributed by atoms with Crippen LogP contribution in [0.25, 0.3) is 0 Å². The molecule has 0 fully saturated rings. The first-order valence-electron chi connectivity index (χ1n) is 3.72. The van der Waals surface area contributed by atoms with Gasteiger partial charge in [0.1, 0.15) is 5.69 Å².